The summed E-state index contributed by atoms with van der Waals surface area (Å²) >= 11 is 15.7. The Morgan fingerprint density at radius 1 is 0.854 bits per heavy atom. The minimum atomic E-state index is -4.89. The fourth-order valence-corrected chi connectivity index (χ4v) is 9.61. The van der Waals surface area contributed by atoms with Crippen molar-refractivity contribution in [2.24, 2.45) is 0 Å². The number of hydrogen-bond donors (Lipinski definition) is 0. The van der Waals surface area contributed by atoms with Crippen LogP contribution in [-0.4, -0.2) is 37.1 Å². The fourth-order valence-electron chi connectivity index (χ4n) is 4.46. The van der Waals surface area contributed by atoms with Crippen molar-refractivity contribution in [3.8, 4) is 0 Å². The van der Waals surface area contributed by atoms with Crippen molar-refractivity contribution in [2.45, 2.75) is 74.3 Å². The maximum atomic E-state index is 13.2. The maximum absolute atomic E-state index is 13.2. The molecule has 0 amide bonds. The van der Waals surface area contributed by atoms with Gasteiger partial charge in [0.25, 0.3) is 0 Å². The van der Waals surface area contributed by atoms with Gasteiger partial charge in [-0.3, -0.25) is 0 Å². The van der Waals surface area contributed by atoms with E-state index in [0.29, 0.717) is 16.7 Å². The van der Waals surface area contributed by atoms with Gasteiger partial charge in [-0.2, -0.15) is 26.3 Å². The van der Waals surface area contributed by atoms with E-state index in [4.69, 9.17) is 32.4 Å². The Hall–Kier alpha value is -0.563. The topological polar surface area (TPSA) is 18.5 Å². The summed E-state index contributed by atoms with van der Waals surface area (Å²) in [5.74, 6) is 1.79. The van der Waals surface area contributed by atoms with Crippen molar-refractivity contribution in [3.63, 3.8) is 0 Å². The zero-order valence-corrected chi connectivity index (χ0v) is 27.4. The van der Waals surface area contributed by atoms with Gasteiger partial charge in [-0.15, -0.1) is 23.5 Å². The predicted molar refractivity (Wildman–Crippen MR) is 161 cm³/mol. The smallest absolute Gasteiger partial charge is 0.416 e. The van der Waals surface area contributed by atoms with Crippen molar-refractivity contribution < 1.29 is 35.5 Å². The molecule has 0 saturated carbocycles. The lowest BCUT2D eigenvalue weighted by Gasteiger charge is -2.40. The van der Waals surface area contributed by atoms with Crippen molar-refractivity contribution in [2.75, 3.05) is 24.7 Å². The summed E-state index contributed by atoms with van der Waals surface area (Å²) in [6.07, 6.45) is -7.48. The SMILES string of the molecule is CC(C)(Cc1ccc(Cl)c(Cl)c1)[Si](C)(C)OCCCC1(COCc2cc(C(F)(F)F)cc(C(F)(F)F)c2)SCCS1. The first-order valence-corrected chi connectivity index (χ1v) is 18.7. The Kier molecular flexibility index (Phi) is 11.6. The van der Waals surface area contributed by atoms with Gasteiger partial charge in [-0.05, 0) is 78.9 Å². The van der Waals surface area contributed by atoms with Crippen molar-refractivity contribution in [1.82, 2.24) is 0 Å². The van der Waals surface area contributed by atoms with Crippen LogP contribution in [0.15, 0.2) is 36.4 Å². The molecule has 2 aromatic carbocycles. The minimum absolute atomic E-state index is 0.0952. The lowest BCUT2D eigenvalue weighted by Crippen LogP contribution is -2.44. The van der Waals surface area contributed by atoms with Crippen LogP contribution in [0.2, 0.25) is 28.2 Å². The Bertz CT molecular complexity index is 1150. The number of hydrogen-bond acceptors (Lipinski definition) is 4. The number of benzene rings is 2. The summed E-state index contributed by atoms with van der Waals surface area (Å²) in [6, 6.07) is 7.23. The number of ether oxygens (including phenoxy) is 1. The summed E-state index contributed by atoms with van der Waals surface area (Å²) in [5.41, 5.74) is -1.74. The molecule has 2 nitrogen and oxygen atoms in total. The van der Waals surface area contributed by atoms with Crippen LogP contribution >= 0.6 is 46.7 Å². The molecule has 1 saturated heterocycles. The molecule has 0 N–H and O–H groups in total. The molecule has 230 valence electrons. The van der Waals surface area contributed by atoms with E-state index in [1.165, 1.54) is 0 Å². The molecule has 0 aliphatic carbocycles. The first kappa shape index (κ1) is 34.9. The zero-order chi connectivity index (χ0) is 30.7. The van der Waals surface area contributed by atoms with Gasteiger partial charge in [-0.1, -0.05) is 43.1 Å². The highest BCUT2D eigenvalue weighted by Gasteiger charge is 2.42. The van der Waals surface area contributed by atoms with E-state index in [1.807, 2.05) is 12.1 Å². The second-order valence-corrected chi connectivity index (χ2v) is 20.0. The second kappa shape index (κ2) is 13.6. The Morgan fingerprint density at radius 2 is 1.44 bits per heavy atom. The molecular weight excluding hydrogens is 645 g/mol. The zero-order valence-electron chi connectivity index (χ0n) is 23.3. The molecule has 1 aliphatic heterocycles. The summed E-state index contributed by atoms with van der Waals surface area (Å²) < 4.78 is 91.1. The van der Waals surface area contributed by atoms with Crippen LogP contribution in [0.4, 0.5) is 26.3 Å². The van der Waals surface area contributed by atoms with Crippen molar-refractivity contribution in [3.05, 3.63) is 68.7 Å². The Labute approximate surface area is 257 Å². The van der Waals surface area contributed by atoms with Gasteiger partial charge in [0, 0.05) is 18.1 Å². The number of thioether (sulfide) groups is 2. The van der Waals surface area contributed by atoms with Crippen molar-refractivity contribution >= 4 is 55.0 Å². The third-order valence-corrected chi connectivity index (χ3v) is 16.1. The Balaban J connectivity index is 1.56. The maximum Gasteiger partial charge on any atom is 0.416 e. The number of alkyl halides is 6. The highest BCUT2D eigenvalue weighted by molar-refractivity contribution is 8.21. The third kappa shape index (κ3) is 9.71. The van der Waals surface area contributed by atoms with Gasteiger partial charge in [0.05, 0.1) is 38.5 Å². The van der Waals surface area contributed by atoms with Crippen LogP contribution < -0.4 is 0 Å². The lowest BCUT2D eigenvalue weighted by molar-refractivity contribution is -0.143. The van der Waals surface area contributed by atoms with E-state index < -0.39 is 31.8 Å². The summed E-state index contributed by atoms with van der Waals surface area (Å²) in [5, 5.41) is 0.942. The van der Waals surface area contributed by atoms with Crippen LogP contribution in [0.25, 0.3) is 0 Å². The van der Waals surface area contributed by atoms with E-state index in [2.05, 4.69) is 26.9 Å². The van der Waals surface area contributed by atoms with Crippen LogP contribution in [0.3, 0.4) is 0 Å². The van der Waals surface area contributed by atoms with Gasteiger partial charge in [0.1, 0.15) is 0 Å². The quantitative estimate of drug-likeness (QED) is 0.126. The van der Waals surface area contributed by atoms with E-state index >= 15 is 0 Å². The molecule has 41 heavy (non-hydrogen) atoms. The van der Waals surface area contributed by atoms with E-state index in [-0.39, 0.29) is 34.0 Å². The molecule has 0 unspecified atom stereocenters. The highest BCUT2D eigenvalue weighted by atomic mass is 35.5. The number of halogens is 8. The normalized spacial score (nSPS) is 16.4. The molecule has 3 rings (SSSR count). The lowest BCUT2D eigenvalue weighted by atomic mass is 10.0. The predicted octanol–water partition coefficient (Wildman–Crippen LogP) is 10.7. The van der Waals surface area contributed by atoms with E-state index in [9.17, 15) is 26.3 Å². The third-order valence-electron chi connectivity index (χ3n) is 7.48. The largest absolute Gasteiger partial charge is 0.417 e. The molecule has 1 aliphatic rings. The molecule has 0 atom stereocenters. The van der Waals surface area contributed by atoms with Gasteiger partial charge in [0.2, 0.25) is 0 Å². The molecule has 2 aromatic rings. The average Bonchev–Trinajstić information content (AvgIpc) is 3.31. The van der Waals surface area contributed by atoms with Crippen LogP contribution in [0.5, 0.6) is 0 Å². The van der Waals surface area contributed by atoms with E-state index in [0.717, 1.165) is 48.5 Å². The van der Waals surface area contributed by atoms with Crippen LogP contribution in [-0.2, 0) is 34.5 Å². The minimum Gasteiger partial charge on any atom is -0.417 e. The van der Waals surface area contributed by atoms with Gasteiger partial charge >= 0.3 is 12.4 Å². The fraction of sp³-hybridized carbons (Fsp3) is 0.571. The van der Waals surface area contributed by atoms with Gasteiger partial charge in [0.15, 0.2) is 8.32 Å². The average molecular weight is 680 g/mol. The summed E-state index contributed by atoms with van der Waals surface area (Å²) in [7, 11) is -2.16. The monoisotopic (exact) mass is 678 g/mol. The molecule has 0 bridgehead atoms. The standard InChI is InChI=1S/C28H34Cl2F6O2S2Si/c1-25(2,16-19-6-7-23(29)24(30)14-19)41(3,4)38-9-5-8-26(39-10-11-40-26)18-37-17-20-12-21(27(31,32)33)15-22(13-20)28(34,35)36/h6-7,12-15H,5,8-11,16-18H2,1-4H3. The molecule has 1 fully saturated rings. The Morgan fingerprint density at radius 3 is 1.98 bits per heavy atom. The second-order valence-electron chi connectivity index (χ2n) is 11.3. The van der Waals surface area contributed by atoms with Gasteiger partial charge in [-0.25, -0.2) is 0 Å². The highest BCUT2D eigenvalue weighted by Crippen LogP contribution is 2.48. The molecule has 1 heterocycles. The van der Waals surface area contributed by atoms with Crippen molar-refractivity contribution in [1.29, 1.82) is 0 Å². The van der Waals surface area contributed by atoms with Crippen LogP contribution in [0, 0.1) is 0 Å². The van der Waals surface area contributed by atoms with E-state index in [1.54, 1.807) is 29.6 Å². The first-order valence-electron chi connectivity index (χ1n) is 13.1. The van der Waals surface area contributed by atoms with Gasteiger partial charge < -0.3 is 9.16 Å². The molecule has 13 heteroatoms. The molecular formula is C28H34Cl2F6O2S2Si. The first-order chi connectivity index (χ1) is 18.8. The summed E-state index contributed by atoms with van der Waals surface area (Å²) in [4.78, 5) is 0. The number of rotatable bonds is 12. The molecule has 0 radical (unpaired) electrons. The molecule has 0 aromatic heterocycles. The molecule has 0 spiro atoms. The summed E-state index contributed by atoms with van der Waals surface area (Å²) in [6.45, 7) is 9.18. The van der Waals surface area contributed by atoms with Crippen LogP contribution in [0.1, 0.15) is 48.9 Å².